The second-order valence-corrected chi connectivity index (χ2v) is 6.11. The smallest absolute Gasteiger partial charge is 0.214 e. The van der Waals surface area contributed by atoms with E-state index in [2.05, 4.69) is 22.1 Å². The van der Waals surface area contributed by atoms with Crippen LogP contribution in [-0.2, 0) is 6.42 Å². The van der Waals surface area contributed by atoms with Gasteiger partial charge in [0.1, 0.15) is 11.4 Å². The molecule has 0 unspecified atom stereocenters. The van der Waals surface area contributed by atoms with Crippen molar-refractivity contribution < 1.29 is 4.79 Å². The van der Waals surface area contributed by atoms with Crippen LogP contribution in [0.5, 0.6) is 0 Å². The molecule has 0 fully saturated rings. The summed E-state index contributed by atoms with van der Waals surface area (Å²) >= 11 is 0. The Hall–Kier alpha value is -3.40. The summed E-state index contributed by atoms with van der Waals surface area (Å²) in [6.07, 6.45) is 4.12. The summed E-state index contributed by atoms with van der Waals surface area (Å²) < 4.78 is 0. The van der Waals surface area contributed by atoms with Crippen molar-refractivity contribution in [3.8, 4) is 11.4 Å². The van der Waals surface area contributed by atoms with Crippen molar-refractivity contribution in [1.82, 2.24) is 15.0 Å². The average molecular weight is 323 g/mol. The summed E-state index contributed by atoms with van der Waals surface area (Å²) in [7, 11) is 0. The van der Waals surface area contributed by atoms with Gasteiger partial charge in [-0.25, -0.2) is 0 Å². The first-order chi connectivity index (χ1) is 12.3. The fourth-order valence-electron chi connectivity index (χ4n) is 3.40. The van der Waals surface area contributed by atoms with Gasteiger partial charge in [0.05, 0.1) is 11.3 Å². The van der Waals surface area contributed by atoms with Crippen molar-refractivity contribution in [3.05, 3.63) is 89.5 Å². The normalized spacial score (nSPS) is 12.2. The number of hydrogen-bond acceptors (Lipinski definition) is 4. The van der Waals surface area contributed by atoms with Crippen LogP contribution in [0.4, 0.5) is 0 Å². The number of nitrogens with zero attached hydrogens (tertiary/aromatic N) is 3. The van der Waals surface area contributed by atoms with Crippen LogP contribution >= 0.6 is 0 Å². The highest BCUT2D eigenvalue weighted by atomic mass is 16.1. The first kappa shape index (κ1) is 14.0. The lowest BCUT2D eigenvalue weighted by Crippen LogP contribution is -2.14. The zero-order chi connectivity index (χ0) is 16.8. The van der Waals surface area contributed by atoms with Crippen LogP contribution in [-0.4, -0.2) is 20.7 Å². The third-order valence-corrected chi connectivity index (χ3v) is 4.52. The van der Waals surface area contributed by atoms with Gasteiger partial charge in [0, 0.05) is 29.9 Å². The van der Waals surface area contributed by atoms with Gasteiger partial charge >= 0.3 is 0 Å². The molecular weight excluding hydrogens is 310 g/mol. The Morgan fingerprint density at radius 3 is 2.52 bits per heavy atom. The average Bonchev–Trinajstić information content (AvgIpc) is 2.66. The number of pyridine rings is 3. The van der Waals surface area contributed by atoms with Crippen LogP contribution in [0.2, 0.25) is 0 Å². The molecule has 4 heteroatoms. The molecule has 0 saturated heterocycles. The number of aromatic nitrogens is 3. The molecule has 3 aromatic heterocycles. The topological polar surface area (TPSA) is 55.7 Å². The van der Waals surface area contributed by atoms with Crippen molar-refractivity contribution in [2.24, 2.45) is 0 Å². The molecule has 0 aliphatic heterocycles. The van der Waals surface area contributed by atoms with E-state index in [4.69, 9.17) is 4.98 Å². The Labute approximate surface area is 144 Å². The summed E-state index contributed by atoms with van der Waals surface area (Å²) in [5.74, 6) is -0.0844. The first-order valence-corrected chi connectivity index (χ1v) is 8.14. The van der Waals surface area contributed by atoms with Gasteiger partial charge in [-0.2, -0.15) is 0 Å². The molecular formula is C21H13N3O. The number of ketones is 1. The van der Waals surface area contributed by atoms with E-state index in [0.717, 1.165) is 28.6 Å². The molecule has 118 valence electrons. The van der Waals surface area contributed by atoms with Crippen LogP contribution in [0, 0.1) is 0 Å². The molecule has 4 aromatic rings. The minimum Gasteiger partial charge on any atom is -0.287 e. The number of carbonyl (C=O) groups excluding carboxylic acids is 1. The maximum atomic E-state index is 12.7. The van der Waals surface area contributed by atoms with E-state index in [1.807, 2.05) is 30.3 Å². The van der Waals surface area contributed by atoms with Crippen molar-refractivity contribution in [2.75, 3.05) is 0 Å². The van der Waals surface area contributed by atoms with Crippen LogP contribution in [0.15, 0.2) is 67.0 Å². The summed E-state index contributed by atoms with van der Waals surface area (Å²) in [5, 5.41) is 1.78. The first-order valence-electron chi connectivity index (χ1n) is 8.14. The molecule has 25 heavy (non-hydrogen) atoms. The van der Waals surface area contributed by atoms with E-state index >= 15 is 0 Å². The van der Waals surface area contributed by atoms with E-state index in [9.17, 15) is 4.79 Å². The van der Waals surface area contributed by atoms with Gasteiger partial charge in [0.2, 0.25) is 5.78 Å². The van der Waals surface area contributed by atoms with E-state index in [0.29, 0.717) is 17.0 Å². The molecule has 0 bridgehead atoms. The molecule has 0 spiro atoms. The lowest BCUT2D eigenvalue weighted by molar-refractivity contribution is 0.103. The van der Waals surface area contributed by atoms with E-state index in [1.165, 1.54) is 5.56 Å². The molecule has 3 heterocycles. The Bertz CT molecular complexity index is 1140. The number of fused-ring (bicyclic) bond motifs is 2. The molecule has 0 amide bonds. The largest absolute Gasteiger partial charge is 0.287 e. The lowest BCUT2D eigenvalue weighted by Gasteiger charge is -2.18. The monoisotopic (exact) mass is 323 g/mol. The number of rotatable bonds is 2. The molecule has 0 atom stereocenters. The second kappa shape index (κ2) is 5.31. The van der Waals surface area contributed by atoms with Crippen molar-refractivity contribution in [3.63, 3.8) is 0 Å². The predicted molar refractivity (Wildman–Crippen MR) is 95.4 cm³/mol. The SMILES string of the molecule is O=C1c2cccnc2-c2nc(Cc3ccccc3)cc3ccnc1c23. The van der Waals surface area contributed by atoms with Crippen molar-refractivity contribution in [1.29, 1.82) is 0 Å². The molecule has 4 nitrogen and oxygen atoms in total. The van der Waals surface area contributed by atoms with Crippen molar-refractivity contribution in [2.45, 2.75) is 6.42 Å². The highest BCUT2D eigenvalue weighted by Crippen LogP contribution is 2.36. The molecule has 1 aromatic carbocycles. The van der Waals surface area contributed by atoms with Gasteiger partial charge in [0.15, 0.2) is 0 Å². The highest BCUT2D eigenvalue weighted by Gasteiger charge is 2.28. The summed E-state index contributed by atoms with van der Waals surface area (Å²) in [6, 6.07) is 17.8. The standard InChI is InChI=1S/C21H13N3O/c25-21-16-7-4-9-22-18(16)19-17-14(8-10-23-20(17)21)12-15(24-19)11-13-5-2-1-3-6-13/h1-10,12H,11H2. The third-order valence-electron chi connectivity index (χ3n) is 4.52. The maximum absolute atomic E-state index is 12.7. The Morgan fingerprint density at radius 1 is 0.800 bits per heavy atom. The fraction of sp³-hybridized carbons (Fsp3) is 0.0476. The van der Waals surface area contributed by atoms with Gasteiger partial charge in [-0.1, -0.05) is 30.3 Å². The van der Waals surface area contributed by atoms with Gasteiger partial charge in [0.25, 0.3) is 0 Å². The zero-order valence-electron chi connectivity index (χ0n) is 13.3. The number of hydrogen-bond donors (Lipinski definition) is 0. The second-order valence-electron chi connectivity index (χ2n) is 6.11. The zero-order valence-corrected chi connectivity index (χ0v) is 13.3. The van der Waals surface area contributed by atoms with Gasteiger partial charge in [-0.05, 0) is 35.2 Å². The number of benzene rings is 1. The quantitative estimate of drug-likeness (QED) is 0.495. The summed E-state index contributed by atoms with van der Waals surface area (Å²) in [5.41, 5.74) is 4.58. The Kier molecular flexibility index (Phi) is 2.97. The van der Waals surface area contributed by atoms with E-state index in [1.54, 1.807) is 24.5 Å². The molecule has 1 aliphatic carbocycles. The minimum atomic E-state index is -0.0844. The number of carbonyl (C=O) groups is 1. The van der Waals surface area contributed by atoms with Crippen LogP contribution in [0.1, 0.15) is 27.3 Å². The van der Waals surface area contributed by atoms with Gasteiger partial charge in [-0.15, -0.1) is 0 Å². The van der Waals surface area contributed by atoms with Crippen molar-refractivity contribution >= 4 is 16.6 Å². The minimum absolute atomic E-state index is 0.0844. The van der Waals surface area contributed by atoms with E-state index in [-0.39, 0.29) is 5.78 Å². The molecule has 0 radical (unpaired) electrons. The predicted octanol–water partition coefficient (Wildman–Crippen LogP) is 3.83. The summed E-state index contributed by atoms with van der Waals surface area (Å²) in [6.45, 7) is 0. The van der Waals surface area contributed by atoms with Gasteiger partial charge in [-0.3, -0.25) is 19.7 Å². The van der Waals surface area contributed by atoms with Crippen LogP contribution in [0.3, 0.4) is 0 Å². The Morgan fingerprint density at radius 2 is 1.64 bits per heavy atom. The summed E-state index contributed by atoms with van der Waals surface area (Å²) in [4.78, 5) is 26.3. The molecule has 5 rings (SSSR count). The third kappa shape index (κ3) is 2.15. The van der Waals surface area contributed by atoms with Gasteiger partial charge < -0.3 is 0 Å². The van der Waals surface area contributed by atoms with Crippen LogP contribution in [0.25, 0.3) is 22.2 Å². The Balaban J connectivity index is 1.78. The maximum Gasteiger partial charge on any atom is 0.214 e. The fourth-order valence-corrected chi connectivity index (χ4v) is 3.40. The highest BCUT2D eigenvalue weighted by molar-refractivity contribution is 6.23. The molecule has 0 saturated carbocycles. The van der Waals surface area contributed by atoms with Crippen LogP contribution < -0.4 is 0 Å². The molecule has 1 aliphatic rings. The lowest BCUT2D eigenvalue weighted by atomic mass is 9.91. The van der Waals surface area contributed by atoms with E-state index < -0.39 is 0 Å². The molecule has 0 N–H and O–H groups in total.